The molecule has 0 aliphatic carbocycles. The van der Waals surface area contributed by atoms with Crippen LogP contribution in [0.5, 0.6) is 0 Å². The molecule has 0 nitrogen and oxygen atoms in total. The van der Waals surface area contributed by atoms with E-state index in [0.717, 1.165) is 0 Å². The average molecular weight is 228 g/mol. The van der Waals surface area contributed by atoms with Gasteiger partial charge in [0.1, 0.15) is 0 Å². The van der Waals surface area contributed by atoms with Crippen molar-refractivity contribution in [1.82, 2.24) is 0 Å². The highest BCUT2D eigenvalue weighted by atomic mass is 35.5. The minimum absolute atomic E-state index is 0.0509. The summed E-state index contributed by atoms with van der Waals surface area (Å²) in [7, 11) is 0. The molecular weight excluding hydrogens is 224 g/mol. The first-order valence-corrected chi connectivity index (χ1v) is 4.01. The van der Waals surface area contributed by atoms with Crippen LogP contribution in [0.1, 0.15) is 5.56 Å². The van der Waals surface area contributed by atoms with E-state index >= 15 is 0 Å². The second-order valence-corrected chi connectivity index (χ2v) is 3.26. The van der Waals surface area contributed by atoms with E-state index in [-0.39, 0.29) is 22.0 Å². The molecule has 0 fully saturated rings. The molecule has 0 spiro atoms. The standard InChI is InChI=1S/C8H4Cl2F3/c9-6-1-5(2-7(10)3-6)4-8(11,12)13/h1-4H. The van der Waals surface area contributed by atoms with Crippen molar-refractivity contribution in [2.24, 2.45) is 0 Å². The average Bonchev–Trinajstić information content (AvgIpc) is 1.78. The molecule has 0 unspecified atom stereocenters. The molecule has 0 amide bonds. The van der Waals surface area contributed by atoms with Crippen molar-refractivity contribution in [3.05, 3.63) is 40.2 Å². The van der Waals surface area contributed by atoms with E-state index in [0.29, 0.717) is 0 Å². The van der Waals surface area contributed by atoms with E-state index in [1.165, 1.54) is 18.2 Å². The molecule has 0 aliphatic rings. The third-order valence-corrected chi connectivity index (χ3v) is 1.65. The van der Waals surface area contributed by atoms with Crippen molar-refractivity contribution in [3.63, 3.8) is 0 Å². The number of hydrogen-bond donors (Lipinski definition) is 0. The van der Waals surface area contributed by atoms with Gasteiger partial charge in [-0.3, -0.25) is 0 Å². The minimum atomic E-state index is -4.35. The third-order valence-electron chi connectivity index (χ3n) is 1.22. The Labute approximate surface area is 83.3 Å². The van der Waals surface area contributed by atoms with Crippen LogP contribution >= 0.6 is 23.2 Å². The van der Waals surface area contributed by atoms with Gasteiger partial charge in [-0.05, 0) is 23.8 Å². The summed E-state index contributed by atoms with van der Waals surface area (Å²) in [5.41, 5.74) is -0.0509. The first-order valence-electron chi connectivity index (χ1n) is 3.25. The van der Waals surface area contributed by atoms with E-state index in [9.17, 15) is 13.2 Å². The van der Waals surface area contributed by atoms with Crippen LogP contribution in [0, 0.1) is 6.42 Å². The molecule has 1 radical (unpaired) electrons. The first-order chi connectivity index (χ1) is 5.87. The minimum Gasteiger partial charge on any atom is -0.170 e. The van der Waals surface area contributed by atoms with E-state index in [2.05, 4.69) is 0 Å². The zero-order valence-electron chi connectivity index (χ0n) is 6.20. The maximum Gasteiger partial charge on any atom is 0.396 e. The van der Waals surface area contributed by atoms with Crippen molar-refractivity contribution < 1.29 is 13.2 Å². The number of rotatable bonds is 1. The van der Waals surface area contributed by atoms with Crippen molar-refractivity contribution in [2.75, 3.05) is 0 Å². The summed E-state index contributed by atoms with van der Waals surface area (Å²) >= 11 is 11.0. The predicted molar refractivity (Wildman–Crippen MR) is 45.9 cm³/mol. The Morgan fingerprint density at radius 3 is 1.85 bits per heavy atom. The molecule has 71 valence electrons. The van der Waals surface area contributed by atoms with Gasteiger partial charge in [-0.1, -0.05) is 23.2 Å². The van der Waals surface area contributed by atoms with E-state index < -0.39 is 6.18 Å². The lowest BCUT2D eigenvalue weighted by Gasteiger charge is -2.06. The van der Waals surface area contributed by atoms with Crippen LogP contribution in [-0.4, -0.2) is 6.18 Å². The molecular formula is C8H4Cl2F3. The summed E-state index contributed by atoms with van der Waals surface area (Å²) in [6.07, 6.45) is -4.21. The molecule has 1 aromatic rings. The smallest absolute Gasteiger partial charge is 0.170 e. The van der Waals surface area contributed by atoms with Gasteiger partial charge in [0.25, 0.3) is 0 Å². The number of hydrogen-bond acceptors (Lipinski definition) is 0. The van der Waals surface area contributed by atoms with E-state index in [4.69, 9.17) is 23.2 Å². The fourth-order valence-corrected chi connectivity index (χ4v) is 1.39. The van der Waals surface area contributed by atoms with Gasteiger partial charge < -0.3 is 0 Å². The van der Waals surface area contributed by atoms with Gasteiger partial charge in [0, 0.05) is 10.0 Å². The van der Waals surface area contributed by atoms with Crippen LogP contribution in [0.3, 0.4) is 0 Å². The Hall–Kier alpha value is -0.410. The molecule has 5 heteroatoms. The zero-order valence-corrected chi connectivity index (χ0v) is 7.71. The van der Waals surface area contributed by atoms with Crippen LogP contribution in [0.25, 0.3) is 0 Å². The largest absolute Gasteiger partial charge is 0.396 e. The summed E-state index contributed by atoms with van der Waals surface area (Å²) < 4.78 is 35.6. The van der Waals surface area contributed by atoms with Gasteiger partial charge in [-0.25, -0.2) is 0 Å². The van der Waals surface area contributed by atoms with E-state index in [1.54, 1.807) is 0 Å². The Balaban J connectivity index is 2.90. The van der Waals surface area contributed by atoms with Crippen LogP contribution in [0.2, 0.25) is 10.0 Å². The summed E-state index contributed by atoms with van der Waals surface area (Å²) in [5, 5.41) is 0.367. The normalized spacial score (nSPS) is 11.8. The lowest BCUT2D eigenvalue weighted by molar-refractivity contribution is -0.0927. The molecule has 13 heavy (non-hydrogen) atoms. The van der Waals surface area contributed by atoms with Gasteiger partial charge in [-0.2, -0.15) is 13.2 Å². The molecule has 0 aromatic heterocycles. The monoisotopic (exact) mass is 227 g/mol. The van der Waals surface area contributed by atoms with Crippen LogP contribution < -0.4 is 0 Å². The van der Waals surface area contributed by atoms with Gasteiger partial charge in [0.05, 0.1) is 6.42 Å². The molecule has 0 aliphatic heterocycles. The highest BCUT2D eigenvalue weighted by molar-refractivity contribution is 6.34. The number of benzene rings is 1. The Morgan fingerprint density at radius 2 is 1.46 bits per heavy atom. The fourth-order valence-electron chi connectivity index (χ4n) is 0.847. The second kappa shape index (κ2) is 3.76. The molecule has 0 heterocycles. The molecule has 0 saturated heterocycles. The summed E-state index contributed by atoms with van der Waals surface area (Å²) in [6, 6.07) is 3.76. The van der Waals surface area contributed by atoms with Gasteiger partial charge in [-0.15, -0.1) is 0 Å². The maximum atomic E-state index is 11.9. The first kappa shape index (κ1) is 10.7. The lowest BCUT2D eigenvalue weighted by atomic mass is 10.1. The van der Waals surface area contributed by atoms with Gasteiger partial charge in [0.15, 0.2) is 0 Å². The number of halogens is 5. The van der Waals surface area contributed by atoms with Crippen molar-refractivity contribution in [2.45, 2.75) is 6.18 Å². The lowest BCUT2D eigenvalue weighted by Crippen LogP contribution is -2.08. The summed E-state index contributed by atoms with van der Waals surface area (Å²) in [5.74, 6) is 0. The SMILES string of the molecule is FC(F)(F)[CH]c1cc(Cl)cc(Cl)c1. The van der Waals surface area contributed by atoms with Crippen LogP contribution in [0.15, 0.2) is 18.2 Å². The van der Waals surface area contributed by atoms with Gasteiger partial charge >= 0.3 is 6.18 Å². The highest BCUT2D eigenvalue weighted by Gasteiger charge is 2.28. The molecule has 1 aromatic carbocycles. The topological polar surface area (TPSA) is 0 Å². The fraction of sp³-hybridized carbons (Fsp3) is 0.125. The maximum absolute atomic E-state index is 11.9. The van der Waals surface area contributed by atoms with Crippen molar-refractivity contribution in [3.8, 4) is 0 Å². The Morgan fingerprint density at radius 1 is 1.00 bits per heavy atom. The zero-order chi connectivity index (χ0) is 10.1. The molecule has 0 atom stereocenters. The molecule has 0 N–H and O–H groups in total. The summed E-state index contributed by atoms with van der Waals surface area (Å²) in [6.45, 7) is 0. The van der Waals surface area contributed by atoms with Crippen molar-refractivity contribution >= 4 is 23.2 Å². The van der Waals surface area contributed by atoms with Gasteiger partial charge in [0.2, 0.25) is 0 Å². The third kappa shape index (κ3) is 3.87. The molecule has 0 saturated carbocycles. The Bertz CT molecular complexity index is 286. The highest BCUT2D eigenvalue weighted by Crippen LogP contribution is 2.27. The quantitative estimate of drug-likeness (QED) is 0.678. The second-order valence-electron chi connectivity index (χ2n) is 2.39. The van der Waals surface area contributed by atoms with E-state index in [1.807, 2.05) is 0 Å². The van der Waals surface area contributed by atoms with Crippen LogP contribution in [-0.2, 0) is 0 Å². The number of alkyl halides is 3. The molecule has 1 rings (SSSR count). The molecule has 0 bridgehead atoms. The predicted octanol–water partition coefficient (Wildman–Crippen LogP) is 4.11. The summed E-state index contributed by atoms with van der Waals surface area (Å²) in [4.78, 5) is 0. The Kier molecular flexibility index (Phi) is 3.09. The van der Waals surface area contributed by atoms with Crippen LogP contribution in [0.4, 0.5) is 13.2 Å². The van der Waals surface area contributed by atoms with Crippen molar-refractivity contribution in [1.29, 1.82) is 0 Å².